The van der Waals surface area contributed by atoms with Crippen molar-refractivity contribution in [1.82, 2.24) is 19.1 Å². The van der Waals surface area contributed by atoms with Crippen LogP contribution in [0.1, 0.15) is 18.9 Å². The summed E-state index contributed by atoms with van der Waals surface area (Å²) in [4.78, 5) is 35.7. The highest BCUT2D eigenvalue weighted by Crippen LogP contribution is 2.26. The van der Waals surface area contributed by atoms with Crippen LogP contribution in [0.3, 0.4) is 0 Å². The fraction of sp³-hybridized carbons (Fsp3) is 0.333. The average molecular weight is 434 g/mol. The first-order valence-electron chi connectivity index (χ1n) is 8.59. The van der Waals surface area contributed by atoms with Gasteiger partial charge in [0.1, 0.15) is 5.82 Å². The molecule has 0 unspecified atom stereocenters. The molecule has 2 aromatic heterocycles. The minimum absolute atomic E-state index is 0.133. The van der Waals surface area contributed by atoms with Gasteiger partial charge in [0, 0.05) is 38.6 Å². The van der Waals surface area contributed by atoms with E-state index in [2.05, 4.69) is 30.8 Å². The molecule has 0 aliphatic carbocycles. The second-order valence-electron chi connectivity index (χ2n) is 6.59. The zero-order chi connectivity index (χ0) is 19.1. The number of nitrogens with zero attached hydrogens (tertiary/aromatic N) is 5. The van der Waals surface area contributed by atoms with Crippen LogP contribution in [0.25, 0.3) is 11.0 Å². The highest BCUT2D eigenvalue weighted by atomic mass is 79.9. The molecular formula is C18H17BrFN5O2. The van der Waals surface area contributed by atoms with Crippen LogP contribution in [0, 0.1) is 5.82 Å². The first kappa shape index (κ1) is 17.8. The Bertz CT molecular complexity index is 1120. The Kier molecular flexibility index (Phi) is 4.55. The molecule has 140 valence electrons. The topological polar surface area (TPSA) is 73.0 Å². The number of piperidine rings is 1. The maximum Gasteiger partial charge on any atom is 0.317 e. The Morgan fingerprint density at radius 2 is 1.74 bits per heavy atom. The number of hydrogen-bond donors (Lipinski definition) is 0. The molecular weight excluding hydrogens is 417 g/mol. The molecule has 1 aromatic carbocycles. The molecule has 0 radical (unpaired) electrons. The summed E-state index contributed by atoms with van der Waals surface area (Å²) in [5.74, 6) is 0.199. The van der Waals surface area contributed by atoms with Crippen LogP contribution in [0.5, 0.6) is 0 Å². The lowest BCUT2D eigenvalue weighted by Crippen LogP contribution is -2.45. The van der Waals surface area contributed by atoms with Crippen molar-refractivity contribution in [3.8, 4) is 0 Å². The first-order chi connectivity index (χ1) is 13.0. The summed E-state index contributed by atoms with van der Waals surface area (Å²) >= 11 is 3.32. The number of anilines is 1. The predicted molar refractivity (Wildman–Crippen MR) is 104 cm³/mol. The molecule has 1 aliphatic heterocycles. The monoisotopic (exact) mass is 433 g/mol. The number of halogens is 2. The number of benzene rings is 1. The van der Waals surface area contributed by atoms with Gasteiger partial charge in [-0.15, -0.1) is 0 Å². The summed E-state index contributed by atoms with van der Waals surface area (Å²) in [5, 5.41) is 0. The molecule has 7 nitrogen and oxygen atoms in total. The third-order valence-electron chi connectivity index (χ3n) is 4.98. The van der Waals surface area contributed by atoms with Gasteiger partial charge in [-0.25, -0.2) is 14.4 Å². The number of fused-ring (bicyclic) bond motifs is 1. The molecule has 27 heavy (non-hydrogen) atoms. The van der Waals surface area contributed by atoms with Crippen molar-refractivity contribution in [3.63, 3.8) is 0 Å². The highest BCUT2D eigenvalue weighted by Gasteiger charge is 2.25. The third kappa shape index (κ3) is 3.16. The maximum atomic E-state index is 13.7. The third-order valence-corrected chi connectivity index (χ3v) is 5.39. The van der Waals surface area contributed by atoms with Crippen molar-refractivity contribution in [2.24, 2.45) is 7.05 Å². The molecule has 0 N–H and O–H groups in total. The Morgan fingerprint density at radius 3 is 2.41 bits per heavy atom. The van der Waals surface area contributed by atoms with Crippen LogP contribution >= 0.6 is 15.9 Å². The largest absolute Gasteiger partial charge is 0.341 e. The van der Waals surface area contributed by atoms with E-state index in [-0.39, 0.29) is 6.04 Å². The summed E-state index contributed by atoms with van der Waals surface area (Å²) in [7, 11) is 1.49. The Labute approximate surface area is 162 Å². The van der Waals surface area contributed by atoms with Crippen molar-refractivity contribution >= 4 is 32.9 Å². The van der Waals surface area contributed by atoms with Gasteiger partial charge in [0.05, 0.1) is 15.5 Å². The van der Waals surface area contributed by atoms with Crippen LogP contribution in [0.4, 0.5) is 10.3 Å². The van der Waals surface area contributed by atoms with Crippen LogP contribution < -0.4 is 16.0 Å². The minimum Gasteiger partial charge on any atom is -0.341 e. The first-order valence-corrected chi connectivity index (χ1v) is 9.38. The van der Waals surface area contributed by atoms with Crippen LogP contribution in [-0.2, 0) is 7.05 Å². The van der Waals surface area contributed by atoms with Gasteiger partial charge in [-0.2, -0.15) is 0 Å². The van der Waals surface area contributed by atoms with E-state index in [9.17, 15) is 14.0 Å². The van der Waals surface area contributed by atoms with E-state index in [4.69, 9.17) is 0 Å². The van der Waals surface area contributed by atoms with Gasteiger partial charge in [-0.05, 0) is 47.0 Å². The Morgan fingerprint density at radius 1 is 1.07 bits per heavy atom. The minimum atomic E-state index is -0.647. The zero-order valence-electron chi connectivity index (χ0n) is 14.6. The van der Waals surface area contributed by atoms with E-state index in [1.165, 1.54) is 28.3 Å². The lowest BCUT2D eigenvalue weighted by molar-refractivity contribution is 0.391. The second-order valence-corrected chi connectivity index (χ2v) is 7.51. The van der Waals surface area contributed by atoms with Gasteiger partial charge in [0.2, 0.25) is 5.95 Å². The summed E-state index contributed by atoms with van der Waals surface area (Å²) in [6.45, 7) is 1.33. The fourth-order valence-electron chi connectivity index (χ4n) is 3.59. The lowest BCUT2D eigenvalue weighted by atomic mass is 10.0. The summed E-state index contributed by atoms with van der Waals surface area (Å²) in [6.07, 6.45) is 4.72. The van der Waals surface area contributed by atoms with Crippen molar-refractivity contribution in [1.29, 1.82) is 0 Å². The Balaban J connectivity index is 1.69. The van der Waals surface area contributed by atoms with Gasteiger partial charge in [-0.1, -0.05) is 0 Å². The van der Waals surface area contributed by atoms with Crippen molar-refractivity contribution < 1.29 is 4.39 Å². The molecule has 3 aromatic rings. The second kappa shape index (κ2) is 6.88. The quantitative estimate of drug-likeness (QED) is 0.579. The molecule has 0 atom stereocenters. The summed E-state index contributed by atoms with van der Waals surface area (Å²) in [5.41, 5.74) is -0.234. The van der Waals surface area contributed by atoms with Gasteiger partial charge in [0.15, 0.2) is 0 Å². The standard InChI is InChI=1S/C18H17BrFN5O2/c1-23-15-8-12(20)2-3-14(15)25(17(27)16(23)26)13-4-6-24(7-5-13)18-21-9-11(19)10-22-18/h2-3,8-10,13H,4-7H2,1H3. The van der Waals surface area contributed by atoms with Crippen LogP contribution in [-0.4, -0.2) is 32.2 Å². The summed E-state index contributed by atoms with van der Waals surface area (Å²) in [6, 6.07) is 4.03. The lowest BCUT2D eigenvalue weighted by Gasteiger charge is -2.33. The molecule has 0 bridgehead atoms. The highest BCUT2D eigenvalue weighted by molar-refractivity contribution is 9.10. The molecule has 0 saturated carbocycles. The van der Waals surface area contributed by atoms with Gasteiger partial charge in [0.25, 0.3) is 0 Å². The smallest absolute Gasteiger partial charge is 0.317 e. The van der Waals surface area contributed by atoms with E-state index in [1.807, 2.05) is 0 Å². The molecule has 9 heteroatoms. The number of aryl methyl sites for hydroxylation is 1. The normalized spacial score (nSPS) is 15.4. The van der Waals surface area contributed by atoms with E-state index < -0.39 is 16.9 Å². The number of hydrogen-bond acceptors (Lipinski definition) is 5. The molecule has 1 fully saturated rings. The van der Waals surface area contributed by atoms with Gasteiger partial charge in [-0.3, -0.25) is 14.2 Å². The van der Waals surface area contributed by atoms with Crippen LogP contribution in [0.2, 0.25) is 0 Å². The Hall–Kier alpha value is -2.55. The van der Waals surface area contributed by atoms with E-state index in [1.54, 1.807) is 18.5 Å². The molecule has 1 aliphatic rings. The zero-order valence-corrected chi connectivity index (χ0v) is 16.2. The molecule has 1 saturated heterocycles. The molecule has 3 heterocycles. The van der Waals surface area contributed by atoms with E-state index in [0.29, 0.717) is 42.9 Å². The van der Waals surface area contributed by atoms with E-state index in [0.717, 1.165) is 4.47 Å². The van der Waals surface area contributed by atoms with Crippen molar-refractivity contribution in [3.05, 3.63) is 61.6 Å². The van der Waals surface area contributed by atoms with Gasteiger partial charge < -0.3 is 9.47 Å². The molecule has 4 rings (SSSR count). The van der Waals surface area contributed by atoms with Crippen molar-refractivity contribution in [2.45, 2.75) is 18.9 Å². The predicted octanol–water partition coefficient (Wildman–Crippen LogP) is 2.23. The van der Waals surface area contributed by atoms with Crippen LogP contribution in [0.15, 0.2) is 44.7 Å². The number of aromatic nitrogens is 4. The molecule has 0 amide bonds. The van der Waals surface area contributed by atoms with Crippen molar-refractivity contribution in [2.75, 3.05) is 18.0 Å². The van der Waals surface area contributed by atoms with Gasteiger partial charge >= 0.3 is 11.1 Å². The average Bonchev–Trinajstić information content (AvgIpc) is 2.68. The van der Waals surface area contributed by atoms with E-state index >= 15 is 0 Å². The fourth-order valence-corrected chi connectivity index (χ4v) is 3.79. The SMILES string of the molecule is Cn1c(=O)c(=O)n(C2CCN(c3ncc(Br)cn3)CC2)c2ccc(F)cc21. The maximum absolute atomic E-state index is 13.7. The number of rotatable bonds is 2. The summed E-state index contributed by atoms with van der Waals surface area (Å²) < 4.78 is 17.2. The molecule has 0 spiro atoms.